The number of ether oxygens (including phenoxy) is 2. The Balaban J connectivity index is 1.75. The Morgan fingerprint density at radius 2 is 2.00 bits per heavy atom. The quantitative estimate of drug-likeness (QED) is 0.803. The Hall–Kier alpha value is -2.83. The molecule has 3 rings (SSSR count). The van der Waals surface area contributed by atoms with Crippen molar-refractivity contribution < 1.29 is 14.3 Å². The molecule has 0 bridgehead atoms. The highest BCUT2D eigenvalue weighted by Gasteiger charge is 2.29. The number of hydrogen-bond donors (Lipinski definition) is 0. The molecule has 1 aliphatic heterocycles. The maximum Gasteiger partial charge on any atom is 0.348 e. The number of aromatic nitrogens is 2. The van der Waals surface area contributed by atoms with Crippen molar-refractivity contribution in [2.24, 2.45) is 0 Å². The third kappa shape index (κ3) is 3.97. The van der Waals surface area contributed by atoms with Gasteiger partial charge in [-0.25, -0.2) is 4.79 Å². The number of carbonyl (C=O) groups excluding carboxylic acids is 1. The zero-order chi connectivity index (χ0) is 19.6. The highest BCUT2D eigenvalue weighted by Crippen LogP contribution is 2.36. The van der Waals surface area contributed by atoms with Crippen LogP contribution in [-0.2, 0) is 11.3 Å². The first kappa shape index (κ1) is 18.9. The lowest BCUT2D eigenvalue weighted by atomic mass is 9.97. The molecule has 0 aliphatic carbocycles. The van der Waals surface area contributed by atoms with Gasteiger partial charge in [-0.3, -0.25) is 9.36 Å². The van der Waals surface area contributed by atoms with Gasteiger partial charge in [-0.2, -0.15) is 4.98 Å². The molecule has 7 nitrogen and oxygen atoms in total. The van der Waals surface area contributed by atoms with E-state index < -0.39 is 0 Å². The molecule has 0 radical (unpaired) electrons. The van der Waals surface area contributed by atoms with Crippen molar-refractivity contribution in [2.45, 2.75) is 32.7 Å². The van der Waals surface area contributed by atoms with E-state index in [2.05, 4.69) is 4.98 Å². The molecule has 1 saturated heterocycles. The summed E-state index contributed by atoms with van der Waals surface area (Å²) in [4.78, 5) is 30.6. The molecule has 1 aromatic heterocycles. The van der Waals surface area contributed by atoms with Gasteiger partial charge in [0.25, 0.3) is 0 Å². The van der Waals surface area contributed by atoms with Gasteiger partial charge in [0.1, 0.15) is 18.0 Å². The van der Waals surface area contributed by atoms with E-state index in [9.17, 15) is 9.59 Å². The Labute approximate surface area is 158 Å². The number of benzene rings is 1. The Bertz CT molecular complexity index is 907. The highest BCUT2D eigenvalue weighted by molar-refractivity contribution is 5.76. The second kappa shape index (κ2) is 7.82. The molecule has 1 amide bonds. The van der Waals surface area contributed by atoms with E-state index in [-0.39, 0.29) is 24.1 Å². The van der Waals surface area contributed by atoms with Crippen molar-refractivity contribution in [3.05, 3.63) is 51.7 Å². The van der Waals surface area contributed by atoms with Gasteiger partial charge >= 0.3 is 5.69 Å². The third-order valence-electron chi connectivity index (χ3n) is 5.06. The van der Waals surface area contributed by atoms with Crippen molar-refractivity contribution in [1.29, 1.82) is 0 Å². The number of methoxy groups -OCH3 is 2. The highest BCUT2D eigenvalue weighted by atomic mass is 16.5. The first-order valence-corrected chi connectivity index (χ1v) is 8.97. The number of amides is 1. The molecule has 1 aromatic carbocycles. The standard InChI is InChI=1S/C20H25N3O4/c1-13-9-14(2)23(20(25)21-13)12-19(24)22-8-7-15(11-22)17-10-16(26-3)5-6-18(17)27-4/h5-6,9-10,15H,7-8,11-12H2,1-4H3/t15-/m0/s1. The third-order valence-corrected chi connectivity index (χ3v) is 5.06. The van der Waals surface area contributed by atoms with E-state index in [0.29, 0.717) is 18.8 Å². The van der Waals surface area contributed by atoms with E-state index in [1.165, 1.54) is 4.57 Å². The Morgan fingerprint density at radius 1 is 1.22 bits per heavy atom. The molecule has 27 heavy (non-hydrogen) atoms. The van der Waals surface area contributed by atoms with Gasteiger partial charge < -0.3 is 14.4 Å². The molecule has 0 spiro atoms. The van der Waals surface area contributed by atoms with Crippen LogP contribution in [0.1, 0.15) is 29.3 Å². The number of likely N-dealkylation sites (tertiary alicyclic amines) is 1. The summed E-state index contributed by atoms with van der Waals surface area (Å²) in [7, 11) is 3.27. The summed E-state index contributed by atoms with van der Waals surface area (Å²) in [5.74, 6) is 1.66. The molecule has 0 saturated carbocycles. The van der Waals surface area contributed by atoms with Crippen molar-refractivity contribution in [3.8, 4) is 11.5 Å². The SMILES string of the molecule is COc1ccc(OC)c([C@H]2CCN(C(=O)Cn3c(C)cc(C)nc3=O)C2)c1. The zero-order valence-corrected chi connectivity index (χ0v) is 16.2. The summed E-state index contributed by atoms with van der Waals surface area (Å²) in [5, 5.41) is 0. The van der Waals surface area contributed by atoms with Crippen LogP contribution in [0.3, 0.4) is 0 Å². The van der Waals surface area contributed by atoms with Crippen LogP contribution in [-0.4, -0.2) is 47.7 Å². The summed E-state index contributed by atoms with van der Waals surface area (Å²) >= 11 is 0. The molecular formula is C20H25N3O4. The van der Waals surface area contributed by atoms with Crippen molar-refractivity contribution in [3.63, 3.8) is 0 Å². The lowest BCUT2D eigenvalue weighted by Gasteiger charge is -2.19. The summed E-state index contributed by atoms with van der Waals surface area (Å²) < 4.78 is 12.2. The molecule has 0 unspecified atom stereocenters. The zero-order valence-electron chi connectivity index (χ0n) is 16.2. The Kier molecular flexibility index (Phi) is 5.48. The topological polar surface area (TPSA) is 73.7 Å². The van der Waals surface area contributed by atoms with E-state index in [1.54, 1.807) is 26.0 Å². The number of hydrogen-bond acceptors (Lipinski definition) is 5. The second-order valence-electron chi connectivity index (χ2n) is 6.84. The monoisotopic (exact) mass is 371 g/mol. The molecule has 0 N–H and O–H groups in total. The molecular weight excluding hydrogens is 346 g/mol. The van der Waals surface area contributed by atoms with E-state index in [4.69, 9.17) is 9.47 Å². The minimum absolute atomic E-state index is 0.0138. The predicted molar refractivity (Wildman–Crippen MR) is 101 cm³/mol. The molecule has 1 atom stereocenters. The van der Waals surface area contributed by atoms with Crippen LogP contribution >= 0.6 is 0 Å². The predicted octanol–water partition coefficient (Wildman–Crippen LogP) is 1.89. The fraction of sp³-hybridized carbons (Fsp3) is 0.450. The van der Waals surface area contributed by atoms with Gasteiger partial charge in [-0.1, -0.05) is 0 Å². The van der Waals surface area contributed by atoms with Gasteiger partial charge in [-0.15, -0.1) is 0 Å². The van der Waals surface area contributed by atoms with E-state index in [0.717, 1.165) is 29.2 Å². The van der Waals surface area contributed by atoms with Gasteiger partial charge in [0, 0.05) is 36.0 Å². The van der Waals surface area contributed by atoms with Gasteiger partial charge in [0.2, 0.25) is 5.91 Å². The van der Waals surface area contributed by atoms with Crippen molar-refractivity contribution >= 4 is 5.91 Å². The molecule has 144 valence electrons. The average Bonchev–Trinajstić information content (AvgIpc) is 3.14. The molecule has 2 heterocycles. The lowest BCUT2D eigenvalue weighted by Crippen LogP contribution is -2.36. The van der Waals surface area contributed by atoms with E-state index >= 15 is 0 Å². The first-order chi connectivity index (χ1) is 12.9. The van der Waals surface area contributed by atoms with Crippen LogP contribution < -0.4 is 15.2 Å². The minimum atomic E-state index is -0.383. The van der Waals surface area contributed by atoms with Crippen LogP contribution in [0.2, 0.25) is 0 Å². The molecule has 7 heteroatoms. The maximum atomic E-state index is 12.7. The van der Waals surface area contributed by atoms with Gasteiger partial charge in [-0.05, 0) is 44.5 Å². The smallest absolute Gasteiger partial charge is 0.348 e. The Morgan fingerprint density at radius 3 is 2.67 bits per heavy atom. The fourth-order valence-electron chi connectivity index (χ4n) is 3.60. The normalized spacial score (nSPS) is 16.4. The number of nitrogens with zero attached hydrogens (tertiary/aromatic N) is 3. The fourth-order valence-corrected chi connectivity index (χ4v) is 3.60. The van der Waals surface area contributed by atoms with Crippen molar-refractivity contribution in [1.82, 2.24) is 14.5 Å². The first-order valence-electron chi connectivity index (χ1n) is 8.97. The van der Waals surface area contributed by atoms with Crippen LogP contribution in [0, 0.1) is 13.8 Å². The number of carbonyl (C=O) groups is 1. The number of rotatable bonds is 5. The van der Waals surface area contributed by atoms with Crippen LogP contribution in [0.25, 0.3) is 0 Å². The summed E-state index contributed by atoms with van der Waals surface area (Å²) in [5.41, 5.74) is 2.06. The summed E-state index contributed by atoms with van der Waals surface area (Å²) in [6, 6.07) is 7.53. The van der Waals surface area contributed by atoms with Crippen LogP contribution in [0.5, 0.6) is 11.5 Å². The van der Waals surface area contributed by atoms with Gasteiger partial charge in [0.05, 0.1) is 14.2 Å². The molecule has 1 fully saturated rings. The maximum absolute atomic E-state index is 12.7. The molecule has 1 aliphatic rings. The minimum Gasteiger partial charge on any atom is -0.497 e. The average molecular weight is 371 g/mol. The second-order valence-corrected chi connectivity index (χ2v) is 6.84. The van der Waals surface area contributed by atoms with Crippen LogP contribution in [0.15, 0.2) is 29.1 Å². The lowest BCUT2D eigenvalue weighted by molar-refractivity contribution is -0.130. The van der Waals surface area contributed by atoms with E-state index in [1.807, 2.05) is 31.2 Å². The van der Waals surface area contributed by atoms with Crippen molar-refractivity contribution in [2.75, 3.05) is 27.3 Å². The largest absolute Gasteiger partial charge is 0.497 e. The van der Waals surface area contributed by atoms with Crippen LogP contribution in [0.4, 0.5) is 0 Å². The number of aryl methyl sites for hydroxylation is 2. The summed E-state index contributed by atoms with van der Waals surface area (Å²) in [6.07, 6.45) is 0.843. The molecule has 2 aromatic rings. The van der Waals surface area contributed by atoms with Gasteiger partial charge in [0.15, 0.2) is 0 Å². The summed E-state index contributed by atoms with van der Waals surface area (Å²) in [6.45, 7) is 4.84.